The minimum Gasteiger partial charge on any atom is -0.490 e. The first-order valence-corrected chi connectivity index (χ1v) is 7.52. The van der Waals surface area contributed by atoms with E-state index in [4.69, 9.17) is 9.47 Å². The van der Waals surface area contributed by atoms with Crippen molar-refractivity contribution in [3.05, 3.63) is 67.8 Å². The van der Waals surface area contributed by atoms with E-state index in [1.54, 1.807) is 18.2 Å². The fraction of sp³-hybridized carbons (Fsp3) is 0.316. The van der Waals surface area contributed by atoms with Gasteiger partial charge in [-0.2, -0.15) is 0 Å². The summed E-state index contributed by atoms with van der Waals surface area (Å²) in [5.74, 6) is 0.512. The van der Waals surface area contributed by atoms with Gasteiger partial charge in [0, 0.05) is 13.1 Å². The first-order valence-electron chi connectivity index (χ1n) is 7.52. The fourth-order valence-electron chi connectivity index (χ4n) is 2.26. The van der Waals surface area contributed by atoms with Gasteiger partial charge in [-0.25, -0.2) is 0 Å². The van der Waals surface area contributed by atoms with Crippen molar-refractivity contribution >= 4 is 5.97 Å². The molecule has 0 bridgehead atoms. The first kappa shape index (κ1) is 18.7. The van der Waals surface area contributed by atoms with Crippen LogP contribution in [0, 0.1) is 0 Å². The summed E-state index contributed by atoms with van der Waals surface area (Å²) in [5, 5.41) is 0. The lowest BCUT2D eigenvalue weighted by molar-refractivity contribution is -0.146. The average molecular weight is 315 g/mol. The topological polar surface area (TPSA) is 38.8 Å². The van der Waals surface area contributed by atoms with Crippen molar-refractivity contribution in [2.75, 3.05) is 26.8 Å². The maximum atomic E-state index is 12.1. The van der Waals surface area contributed by atoms with Crippen LogP contribution < -0.4 is 4.74 Å². The monoisotopic (exact) mass is 315 g/mol. The Kier molecular flexibility index (Phi) is 8.47. The van der Waals surface area contributed by atoms with Crippen LogP contribution in [0.2, 0.25) is 0 Å². The summed E-state index contributed by atoms with van der Waals surface area (Å²) in [6.07, 6.45) is 5.79. The summed E-state index contributed by atoms with van der Waals surface area (Å²) in [7, 11) is 1.40. The highest BCUT2D eigenvalue weighted by atomic mass is 16.5. The van der Waals surface area contributed by atoms with Crippen molar-refractivity contribution in [2.45, 2.75) is 12.5 Å². The molecule has 1 atom stereocenters. The van der Waals surface area contributed by atoms with Crippen molar-refractivity contribution in [3.63, 3.8) is 0 Å². The lowest BCUT2D eigenvalue weighted by atomic mass is 10.0. The molecule has 0 aliphatic rings. The fourth-order valence-corrected chi connectivity index (χ4v) is 2.26. The lowest BCUT2D eigenvalue weighted by Gasteiger charge is -2.27. The molecule has 0 spiro atoms. The van der Waals surface area contributed by atoms with Crippen LogP contribution >= 0.6 is 0 Å². The summed E-state index contributed by atoms with van der Waals surface area (Å²) < 4.78 is 10.4. The molecule has 4 nitrogen and oxygen atoms in total. The minimum absolute atomic E-state index is 0.263. The Morgan fingerprint density at radius 1 is 1.13 bits per heavy atom. The molecule has 0 amide bonds. The average Bonchev–Trinajstić information content (AvgIpc) is 2.58. The highest BCUT2D eigenvalue weighted by Gasteiger charge is 2.25. The van der Waals surface area contributed by atoms with E-state index in [1.807, 2.05) is 29.2 Å². The molecule has 0 aromatic heterocycles. The zero-order valence-corrected chi connectivity index (χ0v) is 13.7. The van der Waals surface area contributed by atoms with Gasteiger partial charge in [0.1, 0.15) is 18.4 Å². The van der Waals surface area contributed by atoms with E-state index in [-0.39, 0.29) is 12.0 Å². The van der Waals surface area contributed by atoms with Crippen molar-refractivity contribution in [1.82, 2.24) is 4.90 Å². The van der Waals surface area contributed by atoms with Gasteiger partial charge in [0.05, 0.1) is 7.11 Å². The summed E-state index contributed by atoms with van der Waals surface area (Å²) in [5.41, 5.74) is 1.03. The predicted octanol–water partition coefficient (Wildman–Crippen LogP) is 3.01. The van der Waals surface area contributed by atoms with Crippen molar-refractivity contribution in [1.29, 1.82) is 0 Å². The third kappa shape index (κ3) is 6.12. The van der Waals surface area contributed by atoms with Gasteiger partial charge in [-0.05, 0) is 24.1 Å². The van der Waals surface area contributed by atoms with Crippen molar-refractivity contribution in [3.8, 4) is 5.75 Å². The van der Waals surface area contributed by atoms with Crippen LogP contribution in [0.4, 0.5) is 0 Å². The second-order valence-electron chi connectivity index (χ2n) is 5.02. The molecule has 1 aromatic rings. The van der Waals surface area contributed by atoms with Crippen LogP contribution in [0.1, 0.15) is 5.56 Å². The molecule has 0 unspecified atom stereocenters. The van der Waals surface area contributed by atoms with Gasteiger partial charge < -0.3 is 9.47 Å². The number of esters is 1. The molecular formula is C19H25NO3. The number of carbonyl (C=O) groups is 1. The molecule has 0 saturated carbocycles. The van der Waals surface area contributed by atoms with Gasteiger partial charge in [0.15, 0.2) is 0 Å². The van der Waals surface area contributed by atoms with Gasteiger partial charge >= 0.3 is 5.97 Å². The van der Waals surface area contributed by atoms with Crippen molar-refractivity contribution in [2.24, 2.45) is 0 Å². The predicted molar refractivity (Wildman–Crippen MR) is 93.6 cm³/mol. The molecular weight excluding hydrogens is 290 g/mol. The highest BCUT2D eigenvalue weighted by Crippen LogP contribution is 2.16. The van der Waals surface area contributed by atoms with Crippen LogP contribution in [0.5, 0.6) is 5.75 Å². The Morgan fingerprint density at radius 3 is 2.22 bits per heavy atom. The molecule has 0 N–H and O–H groups in total. The first-order chi connectivity index (χ1) is 11.2. The number of hydrogen-bond donors (Lipinski definition) is 0. The third-order valence-corrected chi connectivity index (χ3v) is 3.36. The smallest absolute Gasteiger partial charge is 0.323 e. The van der Waals surface area contributed by atoms with E-state index in [1.165, 1.54) is 7.11 Å². The van der Waals surface area contributed by atoms with E-state index in [2.05, 4.69) is 19.7 Å². The molecule has 0 fully saturated rings. The maximum absolute atomic E-state index is 12.1. The number of hydrogen-bond acceptors (Lipinski definition) is 4. The maximum Gasteiger partial charge on any atom is 0.323 e. The van der Waals surface area contributed by atoms with Crippen LogP contribution in [0.3, 0.4) is 0 Å². The van der Waals surface area contributed by atoms with Crippen LogP contribution in [0.15, 0.2) is 62.2 Å². The largest absolute Gasteiger partial charge is 0.490 e. The minimum atomic E-state index is -0.379. The Hall–Kier alpha value is -2.33. The molecule has 0 radical (unpaired) electrons. The number of rotatable bonds is 11. The molecule has 124 valence electrons. The molecule has 0 heterocycles. The second-order valence-corrected chi connectivity index (χ2v) is 5.02. The number of ether oxygens (including phenoxy) is 2. The summed E-state index contributed by atoms with van der Waals surface area (Å²) in [4.78, 5) is 14.1. The van der Waals surface area contributed by atoms with Crippen molar-refractivity contribution < 1.29 is 14.3 Å². The lowest BCUT2D eigenvalue weighted by Crippen LogP contribution is -2.43. The van der Waals surface area contributed by atoms with Crippen LogP contribution in [0.25, 0.3) is 0 Å². The van der Waals surface area contributed by atoms with E-state index in [0.717, 1.165) is 11.3 Å². The summed E-state index contributed by atoms with van der Waals surface area (Å²) >= 11 is 0. The normalized spacial score (nSPS) is 11.6. The van der Waals surface area contributed by atoms with Gasteiger partial charge in [-0.1, -0.05) is 36.9 Å². The molecule has 4 heteroatoms. The summed E-state index contributed by atoms with van der Waals surface area (Å²) in [6.45, 7) is 12.8. The standard InChI is InChI=1S/C19H25NO3/c1-5-12-20(13-6-2)18(19(21)22-4)15-16-8-10-17(11-9-16)23-14-7-3/h5-11,18H,1-3,12-15H2,4H3/t18-/m0/s1. The Balaban J connectivity index is 2.87. The van der Waals surface area contributed by atoms with E-state index >= 15 is 0 Å². The van der Waals surface area contributed by atoms with Crippen LogP contribution in [-0.4, -0.2) is 43.7 Å². The van der Waals surface area contributed by atoms with Gasteiger partial charge in [0.25, 0.3) is 0 Å². The highest BCUT2D eigenvalue weighted by molar-refractivity contribution is 5.76. The van der Waals surface area contributed by atoms with E-state index in [9.17, 15) is 4.79 Å². The third-order valence-electron chi connectivity index (χ3n) is 3.36. The van der Waals surface area contributed by atoms with E-state index < -0.39 is 0 Å². The van der Waals surface area contributed by atoms with Crippen LogP contribution in [-0.2, 0) is 16.0 Å². The number of carbonyl (C=O) groups excluding carboxylic acids is 1. The SMILES string of the molecule is C=CCOc1ccc(C[C@@H](C(=O)OC)N(CC=C)CC=C)cc1. The van der Waals surface area contributed by atoms with E-state index in [0.29, 0.717) is 26.1 Å². The molecule has 0 aliphatic carbocycles. The molecule has 1 aromatic carbocycles. The molecule has 23 heavy (non-hydrogen) atoms. The van der Waals surface area contributed by atoms with Gasteiger partial charge in [-0.3, -0.25) is 9.69 Å². The van der Waals surface area contributed by atoms with Gasteiger partial charge in [-0.15, -0.1) is 13.2 Å². The summed E-state index contributed by atoms with van der Waals surface area (Å²) in [6, 6.07) is 7.30. The number of benzene rings is 1. The number of nitrogens with zero attached hydrogens (tertiary/aromatic N) is 1. The zero-order chi connectivity index (χ0) is 17.1. The molecule has 0 saturated heterocycles. The Bertz CT molecular complexity index is 512. The second kappa shape index (κ2) is 10.4. The quantitative estimate of drug-likeness (QED) is 0.465. The molecule has 1 rings (SSSR count). The Labute approximate surface area is 138 Å². The Morgan fingerprint density at radius 2 is 1.74 bits per heavy atom. The number of methoxy groups -OCH3 is 1. The zero-order valence-electron chi connectivity index (χ0n) is 13.7. The molecule has 0 aliphatic heterocycles. The van der Waals surface area contributed by atoms with Gasteiger partial charge in [0.2, 0.25) is 0 Å².